The number of hydrogen-bond acceptors (Lipinski definition) is 15. The van der Waals surface area contributed by atoms with Gasteiger partial charge in [0.15, 0.2) is 12.2 Å². The van der Waals surface area contributed by atoms with Crippen LogP contribution in [-0.2, 0) is 65.4 Å². The van der Waals surface area contributed by atoms with Crippen LogP contribution in [0.3, 0.4) is 0 Å². The molecule has 0 saturated heterocycles. The normalized spacial score (nSPS) is 15.1. The quantitative estimate of drug-likeness (QED) is 0.0222. The van der Waals surface area contributed by atoms with E-state index in [4.69, 9.17) is 37.0 Å². The van der Waals surface area contributed by atoms with Crippen molar-refractivity contribution in [2.45, 2.75) is 388 Å². The Morgan fingerprint density at radius 2 is 0.516 bits per heavy atom. The number of carbonyl (C=O) groups excluding carboxylic acids is 4. The summed E-state index contributed by atoms with van der Waals surface area (Å²) in [5.41, 5.74) is 0. The Morgan fingerprint density at radius 3 is 0.763 bits per heavy atom. The predicted octanol–water partition coefficient (Wildman–Crippen LogP) is 21.3. The molecule has 93 heavy (non-hydrogen) atoms. The molecule has 0 bridgehead atoms. The maximum atomic E-state index is 13.1. The molecule has 0 rings (SSSR count). The van der Waals surface area contributed by atoms with Gasteiger partial charge in [-0.05, 0) is 49.4 Å². The monoisotopic (exact) mass is 1370 g/mol. The number of unbranched alkanes of at least 4 members (excludes halogenated alkanes) is 34. The molecule has 6 unspecified atom stereocenters. The van der Waals surface area contributed by atoms with E-state index in [1.807, 2.05) is 0 Å². The number of hydrogen-bond donors (Lipinski definition) is 3. The smallest absolute Gasteiger partial charge is 0.462 e. The third kappa shape index (κ3) is 64.5. The molecular formula is C74H144O17P2. The van der Waals surface area contributed by atoms with Crippen LogP contribution in [0.4, 0.5) is 0 Å². The number of ether oxygens (including phenoxy) is 4. The van der Waals surface area contributed by atoms with Gasteiger partial charge in [0.2, 0.25) is 0 Å². The fourth-order valence-corrected chi connectivity index (χ4v) is 12.7. The van der Waals surface area contributed by atoms with E-state index >= 15 is 0 Å². The third-order valence-electron chi connectivity index (χ3n) is 18.2. The Hall–Kier alpha value is -1.94. The lowest BCUT2D eigenvalue weighted by molar-refractivity contribution is -0.161. The molecular weight excluding hydrogens is 1220 g/mol. The zero-order chi connectivity index (χ0) is 68.9. The summed E-state index contributed by atoms with van der Waals surface area (Å²) in [6, 6.07) is 0. The summed E-state index contributed by atoms with van der Waals surface area (Å²) in [6.45, 7) is 14.2. The van der Waals surface area contributed by atoms with E-state index in [0.717, 1.165) is 114 Å². The maximum Gasteiger partial charge on any atom is 0.472 e. The highest BCUT2D eigenvalue weighted by molar-refractivity contribution is 7.47. The number of esters is 4. The highest BCUT2D eigenvalue weighted by Crippen LogP contribution is 2.45. The van der Waals surface area contributed by atoms with Crippen molar-refractivity contribution in [2.24, 2.45) is 23.7 Å². The second kappa shape index (κ2) is 63.5. The summed E-state index contributed by atoms with van der Waals surface area (Å²) >= 11 is 0. The molecule has 0 aliphatic rings. The topological polar surface area (TPSA) is 237 Å². The summed E-state index contributed by atoms with van der Waals surface area (Å²) in [5.74, 6) is 0.975. The second-order valence-corrected chi connectivity index (χ2v) is 30.8. The summed E-state index contributed by atoms with van der Waals surface area (Å²) in [7, 11) is -9.91. The highest BCUT2D eigenvalue weighted by atomic mass is 31.2. The first-order valence-corrected chi connectivity index (χ1v) is 41.3. The number of aliphatic hydroxyl groups excluding tert-OH is 1. The molecule has 552 valence electrons. The molecule has 19 heteroatoms. The number of carbonyl (C=O) groups is 4. The van der Waals surface area contributed by atoms with Crippen LogP contribution in [0.5, 0.6) is 0 Å². The Labute approximate surface area is 568 Å². The van der Waals surface area contributed by atoms with Crippen molar-refractivity contribution in [1.29, 1.82) is 0 Å². The fourth-order valence-electron chi connectivity index (χ4n) is 11.1. The Bertz CT molecular complexity index is 1840. The Balaban J connectivity index is 5.25. The van der Waals surface area contributed by atoms with E-state index < -0.39 is 97.5 Å². The van der Waals surface area contributed by atoms with Crippen molar-refractivity contribution in [3.63, 3.8) is 0 Å². The average molecular weight is 1370 g/mol. The molecule has 0 amide bonds. The van der Waals surface area contributed by atoms with Crippen LogP contribution in [0.1, 0.15) is 370 Å². The first-order valence-electron chi connectivity index (χ1n) is 38.3. The zero-order valence-corrected chi connectivity index (χ0v) is 62.7. The molecule has 0 aromatic carbocycles. The Morgan fingerprint density at radius 1 is 0.301 bits per heavy atom. The number of phosphoric ester groups is 2. The molecule has 0 aliphatic heterocycles. The van der Waals surface area contributed by atoms with Gasteiger partial charge in [0, 0.05) is 25.7 Å². The lowest BCUT2D eigenvalue weighted by atomic mass is 9.99. The minimum Gasteiger partial charge on any atom is -0.462 e. The van der Waals surface area contributed by atoms with E-state index in [2.05, 4.69) is 55.4 Å². The SMILES string of the molecule is CCC(C)CCCCCCCCCCCCCCCCC(=O)O[C@H](COC(=O)CCCCCCCCCCCCC(C)CC)COP(=O)(O)OCC(O)COP(=O)(O)OC[C@@H](COC(=O)CCCCCCCCCCC(C)C)OC(=O)CCCCCCCCC(C)CC. The van der Waals surface area contributed by atoms with Crippen molar-refractivity contribution in [2.75, 3.05) is 39.6 Å². The van der Waals surface area contributed by atoms with Gasteiger partial charge in [-0.15, -0.1) is 0 Å². The van der Waals surface area contributed by atoms with Gasteiger partial charge >= 0.3 is 39.5 Å². The molecule has 17 nitrogen and oxygen atoms in total. The third-order valence-corrected chi connectivity index (χ3v) is 20.1. The van der Waals surface area contributed by atoms with Gasteiger partial charge < -0.3 is 33.8 Å². The van der Waals surface area contributed by atoms with Crippen LogP contribution in [0.25, 0.3) is 0 Å². The predicted molar refractivity (Wildman–Crippen MR) is 377 cm³/mol. The molecule has 0 aromatic heterocycles. The number of aliphatic hydroxyl groups is 1. The van der Waals surface area contributed by atoms with Crippen molar-refractivity contribution in [1.82, 2.24) is 0 Å². The molecule has 0 saturated carbocycles. The van der Waals surface area contributed by atoms with Gasteiger partial charge in [-0.3, -0.25) is 37.3 Å². The minimum atomic E-state index is -4.96. The van der Waals surface area contributed by atoms with Gasteiger partial charge in [0.25, 0.3) is 0 Å². The zero-order valence-electron chi connectivity index (χ0n) is 60.9. The van der Waals surface area contributed by atoms with E-state index in [0.29, 0.717) is 25.7 Å². The lowest BCUT2D eigenvalue weighted by Gasteiger charge is -2.21. The van der Waals surface area contributed by atoms with Crippen LogP contribution < -0.4 is 0 Å². The average Bonchev–Trinajstić information content (AvgIpc) is 1.76. The fraction of sp³-hybridized carbons (Fsp3) is 0.946. The van der Waals surface area contributed by atoms with E-state index in [1.54, 1.807) is 0 Å². The van der Waals surface area contributed by atoms with E-state index in [9.17, 15) is 43.2 Å². The molecule has 0 aromatic rings. The lowest BCUT2D eigenvalue weighted by Crippen LogP contribution is -2.30. The molecule has 0 heterocycles. The molecule has 8 atom stereocenters. The molecule has 0 radical (unpaired) electrons. The van der Waals surface area contributed by atoms with E-state index in [1.165, 1.54) is 173 Å². The molecule has 3 N–H and O–H groups in total. The molecule has 0 aliphatic carbocycles. The van der Waals surface area contributed by atoms with E-state index in [-0.39, 0.29) is 25.7 Å². The summed E-state index contributed by atoms with van der Waals surface area (Å²) in [4.78, 5) is 72.7. The second-order valence-electron chi connectivity index (χ2n) is 27.9. The van der Waals surface area contributed by atoms with Crippen LogP contribution >= 0.6 is 15.6 Å². The molecule has 0 spiro atoms. The first-order chi connectivity index (χ1) is 44.7. The van der Waals surface area contributed by atoms with Crippen LogP contribution in [0.15, 0.2) is 0 Å². The number of phosphoric acid groups is 2. The maximum absolute atomic E-state index is 13.1. The summed E-state index contributed by atoms with van der Waals surface area (Å²) < 4.78 is 68.4. The summed E-state index contributed by atoms with van der Waals surface area (Å²) in [5, 5.41) is 10.6. The largest absolute Gasteiger partial charge is 0.472 e. The highest BCUT2D eigenvalue weighted by Gasteiger charge is 2.30. The van der Waals surface area contributed by atoms with Crippen molar-refractivity contribution >= 4 is 39.5 Å². The van der Waals surface area contributed by atoms with Crippen molar-refractivity contribution in [3.05, 3.63) is 0 Å². The van der Waals surface area contributed by atoms with Gasteiger partial charge in [-0.1, -0.05) is 319 Å². The van der Waals surface area contributed by atoms with Crippen LogP contribution in [-0.4, -0.2) is 96.7 Å². The molecule has 0 fully saturated rings. The van der Waals surface area contributed by atoms with Crippen LogP contribution in [0, 0.1) is 23.7 Å². The minimum absolute atomic E-state index is 0.102. The van der Waals surface area contributed by atoms with Gasteiger partial charge in [-0.2, -0.15) is 0 Å². The van der Waals surface area contributed by atoms with Gasteiger partial charge in [-0.25, -0.2) is 9.13 Å². The number of rotatable bonds is 71. The van der Waals surface area contributed by atoms with Gasteiger partial charge in [0.05, 0.1) is 26.4 Å². The van der Waals surface area contributed by atoms with Crippen molar-refractivity contribution in [3.8, 4) is 0 Å². The summed E-state index contributed by atoms with van der Waals surface area (Å²) in [6.07, 6.45) is 47.1. The first kappa shape index (κ1) is 91.1. The van der Waals surface area contributed by atoms with Crippen molar-refractivity contribution < 1.29 is 80.2 Å². The van der Waals surface area contributed by atoms with Crippen LogP contribution in [0.2, 0.25) is 0 Å². The Kier molecular flexibility index (Phi) is 62.2. The standard InChI is InChI=1S/C74H144O17P2/c1-9-65(6)51-43-35-27-20-16-14-12-13-15-17-23-31-40-48-56-73(78)90-69(60-84-71(76)54-46-38-29-22-19-18-21-28-36-44-52-66(7)10-2)62-88-92(80,81)86-58-68(75)59-87-93(82,83)89-63-70(91-74(79)57-49-41-33-32-37-45-53-67(8)11-3)61-85-72(77)55-47-39-30-25-24-26-34-42-50-64(4)5/h64-70,75H,9-63H2,1-8H3,(H,80,81)(H,82,83)/t65?,66?,67?,68?,69-,70-/m1/s1. The van der Waals surface area contributed by atoms with Gasteiger partial charge in [0.1, 0.15) is 19.3 Å².